The Morgan fingerprint density at radius 2 is 2.35 bits per heavy atom. The number of H-pyrrole nitrogens is 1. The predicted molar refractivity (Wildman–Crippen MR) is 66.7 cm³/mol. The minimum absolute atomic E-state index is 0.173. The molecule has 0 aliphatic rings. The highest BCUT2D eigenvalue weighted by atomic mass is 32.1. The SMILES string of the molecule is CC(C)OCCn1c(=S)[nH]c(=O)c2occc21. The van der Waals surface area contributed by atoms with E-state index in [4.69, 9.17) is 21.4 Å². The van der Waals surface area contributed by atoms with E-state index >= 15 is 0 Å². The lowest BCUT2D eigenvalue weighted by Gasteiger charge is -2.10. The summed E-state index contributed by atoms with van der Waals surface area (Å²) < 4.78 is 12.8. The molecule has 0 aliphatic heterocycles. The van der Waals surface area contributed by atoms with E-state index in [0.29, 0.717) is 29.0 Å². The molecule has 92 valence electrons. The van der Waals surface area contributed by atoms with Crippen molar-refractivity contribution < 1.29 is 9.15 Å². The van der Waals surface area contributed by atoms with Gasteiger partial charge in [0.15, 0.2) is 4.77 Å². The van der Waals surface area contributed by atoms with Crippen molar-refractivity contribution in [2.75, 3.05) is 6.61 Å². The average molecular weight is 254 g/mol. The lowest BCUT2D eigenvalue weighted by molar-refractivity contribution is 0.0729. The molecule has 2 aromatic rings. The minimum Gasteiger partial charge on any atom is -0.457 e. The fourth-order valence-corrected chi connectivity index (χ4v) is 1.90. The lowest BCUT2D eigenvalue weighted by Crippen LogP contribution is -2.17. The van der Waals surface area contributed by atoms with Gasteiger partial charge >= 0.3 is 0 Å². The monoisotopic (exact) mass is 254 g/mol. The van der Waals surface area contributed by atoms with Crippen molar-refractivity contribution in [1.82, 2.24) is 9.55 Å². The van der Waals surface area contributed by atoms with Gasteiger partial charge in [-0.15, -0.1) is 0 Å². The number of fused-ring (bicyclic) bond motifs is 1. The van der Waals surface area contributed by atoms with Gasteiger partial charge in [-0.25, -0.2) is 0 Å². The third-order valence-corrected chi connectivity index (χ3v) is 2.70. The number of aromatic amines is 1. The molecule has 0 saturated carbocycles. The molecule has 1 N–H and O–H groups in total. The molecule has 2 rings (SSSR count). The summed E-state index contributed by atoms with van der Waals surface area (Å²) in [6, 6.07) is 1.73. The van der Waals surface area contributed by atoms with Crippen molar-refractivity contribution in [3.05, 3.63) is 27.5 Å². The fraction of sp³-hybridized carbons (Fsp3) is 0.455. The zero-order chi connectivity index (χ0) is 12.4. The van der Waals surface area contributed by atoms with Crippen molar-refractivity contribution in [1.29, 1.82) is 0 Å². The van der Waals surface area contributed by atoms with E-state index in [1.165, 1.54) is 6.26 Å². The van der Waals surface area contributed by atoms with E-state index < -0.39 is 0 Å². The van der Waals surface area contributed by atoms with Gasteiger partial charge in [-0.1, -0.05) is 0 Å². The average Bonchev–Trinajstić information content (AvgIpc) is 2.71. The van der Waals surface area contributed by atoms with Crippen LogP contribution in [0.4, 0.5) is 0 Å². The van der Waals surface area contributed by atoms with Crippen LogP contribution in [0.1, 0.15) is 13.8 Å². The maximum absolute atomic E-state index is 11.5. The van der Waals surface area contributed by atoms with Gasteiger partial charge in [0.25, 0.3) is 5.56 Å². The van der Waals surface area contributed by atoms with Crippen LogP contribution >= 0.6 is 12.2 Å². The Kier molecular flexibility index (Phi) is 3.44. The van der Waals surface area contributed by atoms with Crippen molar-refractivity contribution in [2.45, 2.75) is 26.5 Å². The highest BCUT2D eigenvalue weighted by Gasteiger charge is 2.08. The van der Waals surface area contributed by atoms with E-state index in [1.807, 2.05) is 13.8 Å². The van der Waals surface area contributed by atoms with Crippen LogP contribution in [0.15, 0.2) is 21.5 Å². The Hall–Kier alpha value is -1.40. The zero-order valence-electron chi connectivity index (χ0n) is 9.73. The number of hydrogen-bond acceptors (Lipinski definition) is 4. The van der Waals surface area contributed by atoms with Gasteiger partial charge in [0.1, 0.15) is 0 Å². The minimum atomic E-state index is -0.295. The Balaban J connectivity index is 2.36. The molecule has 0 amide bonds. The largest absolute Gasteiger partial charge is 0.457 e. The summed E-state index contributed by atoms with van der Waals surface area (Å²) in [5, 5.41) is 0. The standard InChI is InChI=1S/C11H14N2O3S/c1-7(2)15-6-4-13-8-3-5-16-9(8)10(14)12-11(13)17/h3,5,7H,4,6H2,1-2H3,(H,12,14,17). The van der Waals surface area contributed by atoms with E-state index in [0.717, 1.165) is 0 Å². The summed E-state index contributed by atoms with van der Waals surface area (Å²) in [6.07, 6.45) is 1.65. The van der Waals surface area contributed by atoms with Crippen LogP contribution in [-0.2, 0) is 11.3 Å². The molecule has 0 radical (unpaired) electrons. The Labute approximate surface area is 103 Å². The first-order valence-electron chi connectivity index (χ1n) is 5.41. The van der Waals surface area contributed by atoms with Gasteiger partial charge in [0, 0.05) is 12.6 Å². The molecule has 2 aromatic heterocycles. The Bertz CT molecular complexity index is 623. The summed E-state index contributed by atoms with van der Waals surface area (Å²) in [7, 11) is 0. The molecule has 0 spiro atoms. The first-order valence-corrected chi connectivity index (χ1v) is 5.82. The highest BCUT2D eigenvalue weighted by Crippen LogP contribution is 2.10. The molecule has 0 atom stereocenters. The van der Waals surface area contributed by atoms with E-state index in [-0.39, 0.29) is 11.7 Å². The summed E-state index contributed by atoms with van der Waals surface area (Å²) in [6.45, 7) is 5.07. The molecule has 0 saturated heterocycles. The van der Waals surface area contributed by atoms with Gasteiger partial charge < -0.3 is 13.7 Å². The molecular formula is C11H14N2O3S. The summed E-state index contributed by atoms with van der Waals surface area (Å²) in [5.74, 6) is 0. The van der Waals surface area contributed by atoms with Gasteiger partial charge in [0.05, 0.1) is 24.5 Å². The molecule has 6 heteroatoms. The number of ether oxygens (including phenoxy) is 1. The van der Waals surface area contributed by atoms with Crippen LogP contribution in [0.25, 0.3) is 11.1 Å². The van der Waals surface area contributed by atoms with Crippen molar-refractivity contribution in [3.63, 3.8) is 0 Å². The molecule has 0 aliphatic carbocycles. The number of rotatable bonds is 4. The maximum atomic E-state index is 11.5. The topological polar surface area (TPSA) is 60.2 Å². The van der Waals surface area contributed by atoms with Crippen molar-refractivity contribution >= 4 is 23.3 Å². The molecular weight excluding hydrogens is 240 g/mol. The number of aromatic nitrogens is 2. The first kappa shape index (κ1) is 12.1. The van der Waals surface area contributed by atoms with Crippen LogP contribution in [0.5, 0.6) is 0 Å². The summed E-state index contributed by atoms with van der Waals surface area (Å²) >= 11 is 5.12. The smallest absolute Gasteiger partial charge is 0.295 e. The summed E-state index contributed by atoms with van der Waals surface area (Å²) in [4.78, 5) is 14.1. The second-order valence-electron chi connectivity index (χ2n) is 3.97. The quantitative estimate of drug-likeness (QED) is 0.849. The molecule has 0 bridgehead atoms. The predicted octanol–water partition coefficient (Wildman–Crippen LogP) is 2.08. The molecule has 0 unspecified atom stereocenters. The highest BCUT2D eigenvalue weighted by molar-refractivity contribution is 7.71. The number of hydrogen-bond donors (Lipinski definition) is 1. The van der Waals surface area contributed by atoms with Crippen molar-refractivity contribution in [2.24, 2.45) is 0 Å². The van der Waals surface area contributed by atoms with Gasteiger partial charge in [-0.3, -0.25) is 9.78 Å². The van der Waals surface area contributed by atoms with Crippen LogP contribution in [0, 0.1) is 4.77 Å². The van der Waals surface area contributed by atoms with Crippen LogP contribution in [-0.4, -0.2) is 22.3 Å². The zero-order valence-corrected chi connectivity index (χ0v) is 10.5. The van der Waals surface area contributed by atoms with E-state index in [2.05, 4.69) is 4.98 Å². The second-order valence-corrected chi connectivity index (χ2v) is 4.35. The second kappa shape index (κ2) is 4.85. The Morgan fingerprint density at radius 1 is 1.59 bits per heavy atom. The van der Waals surface area contributed by atoms with Crippen LogP contribution < -0.4 is 5.56 Å². The maximum Gasteiger partial charge on any atom is 0.295 e. The molecule has 2 heterocycles. The molecule has 0 fully saturated rings. The normalized spacial score (nSPS) is 11.5. The van der Waals surface area contributed by atoms with Crippen molar-refractivity contribution in [3.8, 4) is 0 Å². The van der Waals surface area contributed by atoms with Crippen LogP contribution in [0.3, 0.4) is 0 Å². The third kappa shape index (κ3) is 2.48. The molecule has 5 nitrogen and oxygen atoms in total. The summed E-state index contributed by atoms with van der Waals surface area (Å²) in [5.41, 5.74) is 0.699. The van der Waals surface area contributed by atoms with Gasteiger partial charge in [-0.05, 0) is 26.1 Å². The molecule has 0 aromatic carbocycles. The number of nitrogens with zero attached hydrogens (tertiary/aromatic N) is 1. The van der Waals surface area contributed by atoms with Gasteiger partial charge in [-0.2, -0.15) is 0 Å². The Morgan fingerprint density at radius 3 is 3.06 bits per heavy atom. The van der Waals surface area contributed by atoms with E-state index in [9.17, 15) is 4.79 Å². The lowest BCUT2D eigenvalue weighted by atomic mass is 10.4. The van der Waals surface area contributed by atoms with Crippen LogP contribution in [0.2, 0.25) is 0 Å². The third-order valence-electron chi connectivity index (χ3n) is 2.37. The van der Waals surface area contributed by atoms with Gasteiger partial charge in [0.2, 0.25) is 5.58 Å². The number of furan rings is 1. The molecule has 17 heavy (non-hydrogen) atoms. The van der Waals surface area contributed by atoms with E-state index in [1.54, 1.807) is 10.6 Å². The first-order chi connectivity index (χ1) is 8.09. The number of nitrogens with one attached hydrogen (secondary N) is 1. The fourth-order valence-electron chi connectivity index (χ4n) is 1.62.